The van der Waals surface area contributed by atoms with Crippen molar-refractivity contribution in [3.63, 3.8) is 0 Å². The number of carbonyl (C=O) groups is 1. The van der Waals surface area contributed by atoms with E-state index in [-0.39, 0.29) is 5.97 Å². The predicted molar refractivity (Wildman–Crippen MR) is 85.3 cm³/mol. The summed E-state index contributed by atoms with van der Waals surface area (Å²) in [6.45, 7) is 4.89. The molecule has 5 heteroatoms. The Morgan fingerprint density at radius 3 is 2.81 bits per heavy atom. The van der Waals surface area contributed by atoms with Gasteiger partial charge in [0.15, 0.2) is 6.10 Å². The molecule has 2 rings (SSSR count). The van der Waals surface area contributed by atoms with Crippen LogP contribution >= 0.6 is 15.9 Å². The number of hydrogen-bond acceptors (Lipinski definition) is 4. The SMILES string of the molecule is CCOC(=O)C(CC)Oc1ccc(Br)c(CNC2CC2)c1. The van der Waals surface area contributed by atoms with Gasteiger partial charge in [-0.3, -0.25) is 0 Å². The first-order valence-electron chi connectivity index (χ1n) is 7.49. The quantitative estimate of drug-likeness (QED) is 0.725. The van der Waals surface area contributed by atoms with Gasteiger partial charge in [0.1, 0.15) is 5.75 Å². The summed E-state index contributed by atoms with van der Waals surface area (Å²) >= 11 is 3.55. The van der Waals surface area contributed by atoms with Crippen molar-refractivity contribution in [1.82, 2.24) is 5.32 Å². The van der Waals surface area contributed by atoms with Gasteiger partial charge in [-0.2, -0.15) is 0 Å². The molecule has 0 heterocycles. The molecule has 116 valence electrons. The second-order valence-corrected chi connectivity index (χ2v) is 6.03. The second kappa shape index (κ2) is 7.80. The first kappa shape index (κ1) is 16.3. The highest BCUT2D eigenvalue weighted by Gasteiger charge is 2.22. The van der Waals surface area contributed by atoms with Crippen molar-refractivity contribution in [3.05, 3.63) is 28.2 Å². The molecule has 1 fully saturated rings. The lowest BCUT2D eigenvalue weighted by molar-refractivity contribution is -0.151. The van der Waals surface area contributed by atoms with Gasteiger partial charge in [0.2, 0.25) is 0 Å². The van der Waals surface area contributed by atoms with Gasteiger partial charge in [-0.25, -0.2) is 4.79 Å². The molecule has 1 aromatic carbocycles. The summed E-state index contributed by atoms with van der Waals surface area (Å²) < 4.78 is 11.8. The molecule has 1 aliphatic rings. The van der Waals surface area contributed by atoms with E-state index in [4.69, 9.17) is 9.47 Å². The van der Waals surface area contributed by atoms with Gasteiger partial charge in [0, 0.05) is 17.1 Å². The molecule has 0 aliphatic heterocycles. The lowest BCUT2D eigenvalue weighted by atomic mass is 10.2. The molecule has 0 saturated heterocycles. The fourth-order valence-corrected chi connectivity index (χ4v) is 2.39. The molecule has 1 unspecified atom stereocenters. The third-order valence-electron chi connectivity index (χ3n) is 3.37. The maximum atomic E-state index is 11.8. The molecule has 0 aromatic heterocycles. The number of hydrogen-bond donors (Lipinski definition) is 1. The predicted octanol–water partition coefficient (Wildman–Crippen LogP) is 3.42. The molecule has 1 atom stereocenters. The normalized spacial score (nSPS) is 15.6. The molecule has 1 N–H and O–H groups in total. The summed E-state index contributed by atoms with van der Waals surface area (Å²) in [4.78, 5) is 11.8. The van der Waals surface area contributed by atoms with Gasteiger partial charge in [-0.05, 0) is 49.9 Å². The molecule has 0 spiro atoms. The van der Waals surface area contributed by atoms with Crippen LogP contribution in [0.15, 0.2) is 22.7 Å². The maximum absolute atomic E-state index is 11.8. The lowest BCUT2D eigenvalue weighted by Gasteiger charge is -2.17. The van der Waals surface area contributed by atoms with Crippen LogP contribution < -0.4 is 10.1 Å². The van der Waals surface area contributed by atoms with Gasteiger partial charge < -0.3 is 14.8 Å². The number of carbonyl (C=O) groups excluding carboxylic acids is 1. The Balaban J connectivity index is 2.00. The van der Waals surface area contributed by atoms with E-state index >= 15 is 0 Å². The second-order valence-electron chi connectivity index (χ2n) is 5.18. The largest absolute Gasteiger partial charge is 0.479 e. The first-order valence-corrected chi connectivity index (χ1v) is 8.28. The van der Waals surface area contributed by atoms with Gasteiger partial charge >= 0.3 is 5.97 Å². The van der Waals surface area contributed by atoms with Crippen LogP contribution in [-0.4, -0.2) is 24.7 Å². The van der Waals surface area contributed by atoms with Gasteiger partial charge in [-0.15, -0.1) is 0 Å². The summed E-state index contributed by atoms with van der Waals surface area (Å²) in [6.07, 6.45) is 2.56. The standard InChI is InChI=1S/C16H22BrNO3/c1-3-15(16(19)20-4-2)21-13-7-8-14(17)11(9-13)10-18-12-5-6-12/h7-9,12,15,18H,3-6,10H2,1-2H3. The Labute approximate surface area is 134 Å². The maximum Gasteiger partial charge on any atom is 0.347 e. The van der Waals surface area contributed by atoms with Crippen LogP contribution in [0.4, 0.5) is 0 Å². The Kier molecular flexibility index (Phi) is 6.06. The van der Waals surface area contributed by atoms with Crippen LogP contribution in [0.5, 0.6) is 5.75 Å². The number of ether oxygens (including phenoxy) is 2. The van der Waals surface area contributed by atoms with Crippen LogP contribution in [0.1, 0.15) is 38.7 Å². The van der Waals surface area contributed by atoms with Crippen LogP contribution in [0.25, 0.3) is 0 Å². The zero-order chi connectivity index (χ0) is 15.2. The zero-order valence-electron chi connectivity index (χ0n) is 12.5. The molecule has 0 bridgehead atoms. The van der Waals surface area contributed by atoms with E-state index in [1.165, 1.54) is 12.8 Å². The number of esters is 1. The number of halogens is 1. The highest BCUT2D eigenvalue weighted by molar-refractivity contribution is 9.10. The molecule has 0 radical (unpaired) electrons. The minimum atomic E-state index is -0.546. The highest BCUT2D eigenvalue weighted by atomic mass is 79.9. The Morgan fingerprint density at radius 1 is 1.43 bits per heavy atom. The average molecular weight is 356 g/mol. The van der Waals surface area contributed by atoms with Crippen LogP contribution in [0, 0.1) is 0 Å². The van der Waals surface area contributed by atoms with Crippen LogP contribution in [-0.2, 0) is 16.1 Å². The van der Waals surface area contributed by atoms with E-state index < -0.39 is 6.10 Å². The minimum absolute atomic E-state index is 0.305. The van der Waals surface area contributed by atoms with Crippen molar-refractivity contribution in [1.29, 1.82) is 0 Å². The Morgan fingerprint density at radius 2 is 2.19 bits per heavy atom. The third-order valence-corrected chi connectivity index (χ3v) is 4.15. The summed E-state index contributed by atoms with van der Waals surface area (Å²) in [6, 6.07) is 6.45. The highest BCUT2D eigenvalue weighted by Crippen LogP contribution is 2.26. The lowest BCUT2D eigenvalue weighted by Crippen LogP contribution is -2.28. The molecular formula is C16H22BrNO3. The number of nitrogens with one attached hydrogen (secondary N) is 1. The van der Waals surface area contributed by atoms with Crippen molar-refractivity contribution in [2.75, 3.05) is 6.61 Å². The number of benzene rings is 1. The zero-order valence-corrected chi connectivity index (χ0v) is 14.1. The first-order chi connectivity index (χ1) is 10.1. The fraction of sp³-hybridized carbons (Fsp3) is 0.562. The molecule has 21 heavy (non-hydrogen) atoms. The molecule has 4 nitrogen and oxygen atoms in total. The van der Waals surface area contributed by atoms with Crippen molar-refractivity contribution in [3.8, 4) is 5.75 Å². The molecule has 0 amide bonds. The monoisotopic (exact) mass is 355 g/mol. The van der Waals surface area contributed by atoms with E-state index in [0.29, 0.717) is 24.8 Å². The summed E-state index contributed by atoms with van der Waals surface area (Å²) in [5.41, 5.74) is 1.14. The van der Waals surface area contributed by atoms with Crippen LogP contribution in [0.3, 0.4) is 0 Å². The molecule has 1 aliphatic carbocycles. The topological polar surface area (TPSA) is 47.6 Å². The molecular weight excluding hydrogens is 334 g/mol. The Bertz CT molecular complexity index is 488. The Hall–Kier alpha value is -1.07. The average Bonchev–Trinajstić information content (AvgIpc) is 3.29. The van der Waals surface area contributed by atoms with E-state index in [2.05, 4.69) is 21.2 Å². The molecule has 1 saturated carbocycles. The smallest absolute Gasteiger partial charge is 0.347 e. The van der Waals surface area contributed by atoms with Crippen molar-refractivity contribution < 1.29 is 14.3 Å². The van der Waals surface area contributed by atoms with Gasteiger partial charge in [-0.1, -0.05) is 22.9 Å². The molecule has 1 aromatic rings. The third kappa shape index (κ3) is 5.00. The summed E-state index contributed by atoms with van der Waals surface area (Å²) in [7, 11) is 0. The van der Waals surface area contributed by atoms with E-state index in [0.717, 1.165) is 16.6 Å². The van der Waals surface area contributed by atoms with E-state index in [1.54, 1.807) is 6.92 Å². The van der Waals surface area contributed by atoms with Crippen molar-refractivity contribution >= 4 is 21.9 Å². The summed E-state index contributed by atoms with van der Waals surface area (Å²) in [5.74, 6) is 0.395. The van der Waals surface area contributed by atoms with Crippen LogP contribution in [0.2, 0.25) is 0 Å². The van der Waals surface area contributed by atoms with Gasteiger partial charge in [0.25, 0.3) is 0 Å². The van der Waals surface area contributed by atoms with Gasteiger partial charge in [0.05, 0.1) is 6.61 Å². The number of rotatable bonds is 8. The van der Waals surface area contributed by atoms with Crippen molar-refractivity contribution in [2.24, 2.45) is 0 Å². The minimum Gasteiger partial charge on any atom is -0.479 e. The van der Waals surface area contributed by atoms with E-state index in [1.807, 2.05) is 25.1 Å². The fourth-order valence-electron chi connectivity index (χ4n) is 2.00. The van der Waals surface area contributed by atoms with Crippen molar-refractivity contribution in [2.45, 2.75) is 51.8 Å². The summed E-state index contributed by atoms with van der Waals surface area (Å²) in [5, 5.41) is 3.47. The van der Waals surface area contributed by atoms with E-state index in [9.17, 15) is 4.79 Å².